The first kappa shape index (κ1) is 18.6. The van der Waals surface area contributed by atoms with E-state index in [2.05, 4.69) is 15.5 Å². The van der Waals surface area contributed by atoms with Gasteiger partial charge in [0.15, 0.2) is 0 Å². The molecule has 1 amide bonds. The van der Waals surface area contributed by atoms with Crippen molar-refractivity contribution in [3.63, 3.8) is 0 Å². The maximum atomic E-state index is 13.3. The Balaban J connectivity index is 1.91. The molecule has 0 saturated carbocycles. The number of carbonyl (C=O) groups is 1. The molecular weight excluding hydrogens is 349 g/mol. The topological polar surface area (TPSA) is 77.2 Å². The molecule has 0 fully saturated rings. The van der Waals surface area contributed by atoms with Crippen molar-refractivity contribution in [3.8, 4) is 11.5 Å². The van der Waals surface area contributed by atoms with Crippen LogP contribution in [0.5, 0.6) is 0 Å². The second-order valence-corrected chi connectivity index (χ2v) is 6.94. The van der Waals surface area contributed by atoms with E-state index in [4.69, 9.17) is 9.15 Å². The Morgan fingerprint density at radius 2 is 1.74 bits per heavy atom. The van der Waals surface area contributed by atoms with E-state index in [1.165, 1.54) is 12.1 Å². The van der Waals surface area contributed by atoms with Crippen LogP contribution >= 0.6 is 0 Å². The Bertz CT molecular complexity index is 902. The van der Waals surface area contributed by atoms with Gasteiger partial charge in [0.1, 0.15) is 17.5 Å². The first-order chi connectivity index (χ1) is 12.8. The summed E-state index contributed by atoms with van der Waals surface area (Å²) in [6, 6.07) is 14.2. The summed E-state index contributed by atoms with van der Waals surface area (Å²) in [5, 5.41) is 10.8. The molecule has 6 nitrogen and oxygen atoms in total. The number of halogens is 1. The van der Waals surface area contributed by atoms with Crippen LogP contribution in [0.15, 0.2) is 59.0 Å². The smallest absolute Gasteiger partial charge is 0.408 e. The molecule has 0 spiro atoms. The fourth-order valence-electron chi connectivity index (χ4n) is 2.42. The number of carbonyl (C=O) groups excluding carboxylic acids is 1. The Labute approximate surface area is 156 Å². The number of hydrogen-bond donors (Lipinski definition) is 1. The van der Waals surface area contributed by atoms with Crippen molar-refractivity contribution in [3.05, 3.63) is 71.9 Å². The molecule has 1 aromatic heterocycles. The summed E-state index contributed by atoms with van der Waals surface area (Å²) < 4.78 is 24.4. The molecule has 1 heterocycles. The summed E-state index contributed by atoms with van der Waals surface area (Å²) in [7, 11) is 0. The highest BCUT2D eigenvalue weighted by Gasteiger charge is 2.26. The lowest BCUT2D eigenvalue weighted by Crippen LogP contribution is -2.35. The van der Waals surface area contributed by atoms with Crippen LogP contribution in [0, 0.1) is 5.82 Å². The van der Waals surface area contributed by atoms with E-state index in [1.807, 2.05) is 30.3 Å². The maximum Gasteiger partial charge on any atom is 0.408 e. The van der Waals surface area contributed by atoms with Gasteiger partial charge in [-0.1, -0.05) is 30.3 Å². The third-order valence-corrected chi connectivity index (χ3v) is 3.57. The minimum Gasteiger partial charge on any atom is -0.444 e. The van der Waals surface area contributed by atoms with E-state index in [9.17, 15) is 9.18 Å². The van der Waals surface area contributed by atoms with Crippen LogP contribution in [0.4, 0.5) is 9.18 Å². The fraction of sp³-hybridized carbons (Fsp3) is 0.250. The number of alkyl carbamates (subject to hydrolysis) is 1. The summed E-state index contributed by atoms with van der Waals surface area (Å²) in [4.78, 5) is 12.3. The van der Waals surface area contributed by atoms with Crippen LogP contribution in [-0.4, -0.2) is 21.9 Å². The molecule has 7 heteroatoms. The number of rotatable bonds is 4. The number of hydrogen-bond acceptors (Lipinski definition) is 5. The molecule has 0 bridgehead atoms. The van der Waals surface area contributed by atoms with Gasteiger partial charge >= 0.3 is 6.09 Å². The lowest BCUT2D eigenvalue weighted by atomic mass is 10.1. The molecule has 3 rings (SSSR count). The van der Waals surface area contributed by atoms with Crippen molar-refractivity contribution in [2.45, 2.75) is 32.4 Å². The maximum absolute atomic E-state index is 13.3. The van der Waals surface area contributed by atoms with Gasteiger partial charge in [0.2, 0.25) is 11.8 Å². The number of nitrogens with one attached hydrogen (secondary N) is 1. The number of amides is 1. The van der Waals surface area contributed by atoms with Gasteiger partial charge in [0.05, 0.1) is 0 Å². The number of benzene rings is 2. The molecular formula is C20H20FN3O3. The van der Waals surface area contributed by atoms with E-state index in [-0.39, 0.29) is 11.7 Å². The molecule has 0 aliphatic rings. The minimum absolute atomic E-state index is 0.173. The predicted molar refractivity (Wildman–Crippen MR) is 97.3 cm³/mol. The molecule has 1 N–H and O–H groups in total. The second kappa shape index (κ2) is 7.57. The van der Waals surface area contributed by atoms with Gasteiger partial charge in [-0.3, -0.25) is 0 Å². The molecule has 0 aliphatic carbocycles. The van der Waals surface area contributed by atoms with Crippen LogP contribution in [0.3, 0.4) is 0 Å². The van der Waals surface area contributed by atoms with Gasteiger partial charge in [0.25, 0.3) is 0 Å². The van der Waals surface area contributed by atoms with Crippen molar-refractivity contribution in [2.24, 2.45) is 0 Å². The molecule has 0 radical (unpaired) electrons. The highest BCUT2D eigenvalue weighted by molar-refractivity contribution is 5.69. The highest BCUT2D eigenvalue weighted by Crippen LogP contribution is 2.25. The Morgan fingerprint density at radius 3 is 2.37 bits per heavy atom. The van der Waals surface area contributed by atoms with Gasteiger partial charge in [-0.15, -0.1) is 10.2 Å². The molecule has 140 valence electrons. The summed E-state index contributed by atoms with van der Waals surface area (Å²) in [6.07, 6.45) is -0.642. The molecule has 1 atom stereocenters. The van der Waals surface area contributed by atoms with Gasteiger partial charge in [0, 0.05) is 5.56 Å². The Hall–Kier alpha value is -3.22. The van der Waals surface area contributed by atoms with Crippen molar-refractivity contribution in [1.29, 1.82) is 0 Å². The normalized spacial score (nSPS) is 12.4. The number of aromatic nitrogens is 2. The number of nitrogens with zero attached hydrogens (tertiary/aromatic N) is 2. The highest BCUT2D eigenvalue weighted by atomic mass is 19.1. The zero-order chi connectivity index (χ0) is 19.4. The molecule has 3 aromatic rings. The SMILES string of the molecule is CC(C)(C)OC(=O)NC(c1ccc(F)cc1)c1nnc(-c2ccccc2)o1. The predicted octanol–water partition coefficient (Wildman–Crippen LogP) is 4.49. The van der Waals surface area contributed by atoms with Crippen molar-refractivity contribution < 1.29 is 18.3 Å². The Morgan fingerprint density at radius 1 is 1.07 bits per heavy atom. The van der Waals surface area contributed by atoms with Crippen molar-refractivity contribution >= 4 is 6.09 Å². The van der Waals surface area contributed by atoms with Crippen LogP contribution < -0.4 is 5.32 Å². The van der Waals surface area contributed by atoms with Crippen LogP contribution in [0.25, 0.3) is 11.5 Å². The summed E-state index contributed by atoms with van der Waals surface area (Å²) in [5.74, 6) is 0.111. The zero-order valence-corrected chi connectivity index (χ0v) is 15.3. The number of ether oxygens (including phenoxy) is 1. The second-order valence-electron chi connectivity index (χ2n) is 6.94. The lowest BCUT2D eigenvalue weighted by molar-refractivity contribution is 0.0506. The lowest BCUT2D eigenvalue weighted by Gasteiger charge is -2.22. The summed E-state index contributed by atoms with van der Waals surface area (Å²) in [5.41, 5.74) is 0.679. The molecule has 2 aromatic carbocycles. The third kappa shape index (κ3) is 4.91. The van der Waals surface area contributed by atoms with Gasteiger partial charge in [-0.25, -0.2) is 9.18 Å². The summed E-state index contributed by atoms with van der Waals surface area (Å²) in [6.45, 7) is 5.29. The van der Waals surface area contributed by atoms with E-state index in [0.717, 1.165) is 5.56 Å². The quantitative estimate of drug-likeness (QED) is 0.733. The largest absolute Gasteiger partial charge is 0.444 e. The average molecular weight is 369 g/mol. The third-order valence-electron chi connectivity index (χ3n) is 3.57. The molecule has 27 heavy (non-hydrogen) atoms. The van der Waals surface area contributed by atoms with Crippen molar-refractivity contribution in [1.82, 2.24) is 15.5 Å². The van der Waals surface area contributed by atoms with Crippen molar-refractivity contribution in [2.75, 3.05) is 0 Å². The van der Waals surface area contributed by atoms with Gasteiger partial charge in [-0.2, -0.15) is 0 Å². The van der Waals surface area contributed by atoms with E-state index < -0.39 is 17.7 Å². The molecule has 1 unspecified atom stereocenters. The zero-order valence-electron chi connectivity index (χ0n) is 15.3. The van der Waals surface area contributed by atoms with Crippen LogP contribution in [0.1, 0.15) is 38.3 Å². The van der Waals surface area contributed by atoms with E-state index in [0.29, 0.717) is 11.5 Å². The minimum atomic E-state index is -0.773. The van der Waals surface area contributed by atoms with Gasteiger partial charge < -0.3 is 14.5 Å². The van der Waals surface area contributed by atoms with Gasteiger partial charge in [-0.05, 0) is 50.6 Å². The monoisotopic (exact) mass is 369 g/mol. The van der Waals surface area contributed by atoms with E-state index >= 15 is 0 Å². The first-order valence-corrected chi connectivity index (χ1v) is 8.45. The Kier molecular flexibility index (Phi) is 5.21. The average Bonchev–Trinajstić information content (AvgIpc) is 3.10. The van der Waals surface area contributed by atoms with E-state index in [1.54, 1.807) is 32.9 Å². The molecule has 0 aliphatic heterocycles. The van der Waals surface area contributed by atoms with Crippen LogP contribution in [-0.2, 0) is 4.74 Å². The van der Waals surface area contributed by atoms with Crippen LogP contribution in [0.2, 0.25) is 0 Å². The molecule has 0 saturated heterocycles. The summed E-state index contributed by atoms with van der Waals surface area (Å²) >= 11 is 0. The fourth-order valence-corrected chi connectivity index (χ4v) is 2.42. The first-order valence-electron chi connectivity index (χ1n) is 8.45. The standard InChI is InChI=1S/C20H20FN3O3/c1-20(2,3)27-19(25)22-16(13-9-11-15(21)12-10-13)18-24-23-17(26-18)14-7-5-4-6-8-14/h4-12,16H,1-3H3,(H,22,25).